The summed E-state index contributed by atoms with van der Waals surface area (Å²) in [6, 6.07) is 0. The molecule has 0 saturated heterocycles. The Morgan fingerprint density at radius 2 is 1.92 bits per heavy atom. The van der Waals surface area contributed by atoms with Crippen molar-refractivity contribution in [3.63, 3.8) is 0 Å². The van der Waals surface area contributed by atoms with Crippen molar-refractivity contribution in [1.29, 1.82) is 0 Å². The molecule has 0 aromatic carbocycles. The fourth-order valence-corrected chi connectivity index (χ4v) is 0.955. The molecule has 0 rings (SSSR count). The van der Waals surface area contributed by atoms with Gasteiger partial charge in [0.15, 0.2) is 0 Å². The third-order valence-corrected chi connectivity index (χ3v) is 1.60. The number of carboxylic acids is 1. The van der Waals surface area contributed by atoms with Gasteiger partial charge < -0.3 is 5.11 Å². The number of hydrogen-bond acceptors (Lipinski definition) is 1. The average Bonchev–Trinajstić information content (AvgIpc) is 2.02. The molecule has 0 spiro atoms. The molecule has 2 heteroatoms. The van der Waals surface area contributed by atoms with Gasteiger partial charge in [-0.15, -0.1) is 0 Å². The number of carbonyl (C=O) groups is 1. The highest BCUT2D eigenvalue weighted by Crippen LogP contribution is 2.03. The molecule has 0 bridgehead atoms. The first-order valence-electron chi connectivity index (χ1n) is 4.49. The van der Waals surface area contributed by atoms with Gasteiger partial charge in [0.05, 0.1) is 0 Å². The number of hydrogen-bond donors (Lipinski definition) is 1. The number of aliphatic carboxylic acids is 1. The highest BCUT2D eigenvalue weighted by molar-refractivity contribution is 5.86. The second kappa shape index (κ2) is 8.13. The van der Waals surface area contributed by atoms with Crippen molar-refractivity contribution in [3.05, 3.63) is 0 Å². The van der Waals surface area contributed by atoms with E-state index in [-0.39, 0.29) is 0 Å². The van der Waals surface area contributed by atoms with Crippen LogP contribution in [0.25, 0.3) is 0 Å². The van der Waals surface area contributed by atoms with Gasteiger partial charge in [-0.2, -0.15) is 0 Å². The molecule has 0 saturated carbocycles. The first kappa shape index (κ1) is 11.0. The third kappa shape index (κ3) is 9.03. The van der Waals surface area contributed by atoms with Gasteiger partial charge in [0.1, 0.15) is 0 Å². The predicted octanol–water partition coefficient (Wildman–Crippen LogP) is 2.43. The summed E-state index contributed by atoms with van der Waals surface area (Å²) >= 11 is 0. The maximum atomic E-state index is 9.96. The van der Waals surface area contributed by atoms with E-state index in [1.54, 1.807) is 0 Å². The number of carboxylic acid groups (broad SMARTS) is 1. The molecule has 0 atom stereocenters. The smallest absolute Gasteiger partial charge is 0.381 e. The largest absolute Gasteiger partial charge is 0.472 e. The lowest BCUT2D eigenvalue weighted by Crippen LogP contribution is -1.86. The summed E-state index contributed by atoms with van der Waals surface area (Å²) in [5.74, 6) is 3.69. The highest BCUT2D eigenvalue weighted by atomic mass is 16.3. The van der Waals surface area contributed by atoms with Crippen LogP contribution < -0.4 is 0 Å². The van der Waals surface area contributed by atoms with E-state index >= 15 is 0 Å². The summed E-state index contributed by atoms with van der Waals surface area (Å²) in [6.07, 6.45) is 6.66. The third-order valence-electron chi connectivity index (χ3n) is 1.60. The molecule has 0 unspecified atom stereocenters. The van der Waals surface area contributed by atoms with Gasteiger partial charge in [-0.3, -0.25) is 0 Å². The minimum absolute atomic E-state index is 0.718. The summed E-state index contributed by atoms with van der Waals surface area (Å²) < 4.78 is 0. The normalized spacial score (nSPS) is 8.75. The standard InChI is InChI=1S/C10H16O2/c1-2-3-4-5-6-7-8-9-10(11)12/h2-7H2,1H3,(H,11,12)/i10-1. The first-order chi connectivity index (χ1) is 5.77. The molecule has 0 amide bonds. The Morgan fingerprint density at radius 1 is 1.25 bits per heavy atom. The van der Waals surface area contributed by atoms with Crippen molar-refractivity contribution >= 4 is 5.97 Å². The van der Waals surface area contributed by atoms with Crippen LogP contribution in [0.5, 0.6) is 0 Å². The zero-order chi connectivity index (χ0) is 9.23. The van der Waals surface area contributed by atoms with Crippen LogP contribution in [0, 0.1) is 11.8 Å². The highest BCUT2D eigenvalue weighted by Gasteiger charge is 1.87. The van der Waals surface area contributed by atoms with Crippen LogP contribution in [0.4, 0.5) is 0 Å². The molecule has 0 aliphatic carbocycles. The zero-order valence-electron chi connectivity index (χ0n) is 7.60. The van der Waals surface area contributed by atoms with E-state index in [1.165, 1.54) is 25.7 Å². The molecular formula is C10H16O2. The molecule has 0 radical (unpaired) electrons. The summed E-state index contributed by atoms with van der Waals surface area (Å²) in [5.41, 5.74) is 0. The van der Waals surface area contributed by atoms with Crippen molar-refractivity contribution in [2.24, 2.45) is 0 Å². The molecule has 0 aliphatic rings. The van der Waals surface area contributed by atoms with E-state index in [0.717, 1.165) is 12.8 Å². The molecule has 1 N–H and O–H groups in total. The van der Waals surface area contributed by atoms with Crippen molar-refractivity contribution in [1.82, 2.24) is 0 Å². The van der Waals surface area contributed by atoms with Crippen molar-refractivity contribution < 1.29 is 9.90 Å². The average molecular weight is 167 g/mol. The van der Waals surface area contributed by atoms with Crippen LogP contribution in [-0.4, -0.2) is 11.1 Å². The summed E-state index contributed by atoms with van der Waals surface area (Å²) in [6.45, 7) is 2.17. The van der Waals surface area contributed by atoms with Crippen LogP contribution in [-0.2, 0) is 4.79 Å². The minimum Gasteiger partial charge on any atom is -0.472 e. The monoisotopic (exact) mass is 167 g/mol. The molecule has 12 heavy (non-hydrogen) atoms. The lowest BCUT2D eigenvalue weighted by Gasteiger charge is -1.93. The van der Waals surface area contributed by atoms with Crippen LogP contribution in [0.2, 0.25) is 0 Å². The van der Waals surface area contributed by atoms with E-state index in [9.17, 15) is 4.79 Å². The van der Waals surface area contributed by atoms with Gasteiger partial charge in [0.2, 0.25) is 0 Å². The maximum Gasteiger partial charge on any atom is 0.381 e. The Hall–Kier alpha value is -0.970. The maximum absolute atomic E-state index is 9.96. The molecule has 0 heterocycles. The molecule has 0 fully saturated rings. The second-order valence-electron chi connectivity index (χ2n) is 2.77. The van der Waals surface area contributed by atoms with Crippen molar-refractivity contribution in [3.8, 4) is 11.8 Å². The van der Waals surface area contributed by atoms with Crippen molar-refractivity contribution in [2.75, 3.05) is 0 Å². The Morgan fingerprint density at radius 3 is 2.50 bits per heavy atom. The SMILES string of the molecule is CCCCCCCC#C[11C](=O)O. The Bertz CT molecular complexity index is 174. The minimum atomic E-state index is -1.02. The van der Waals surface area contributed by atoms with Crippen LogP contribution in [0.3, 0.4) is 0 Å². The van der Waals surface area contributed by atoms with E-state index < -0.39 is 5.97 Å². The first-order valence-corrected chi connectivity index (χ1v) is 4.49. The summed E-state index contributed by atoms with van der Waals surface area (Å²) in [4.78, 5) is 9.96. The van der Waals surface area contributed by atoms with E-state index in [1.807, 2.05) is 0 Å². The lowest BCUT2D eigenvalue weighted by molar-refractivity contribution is -0.130. The van der Waals surface area contributed by atoms with Gasteiger partial charge in [-0.1, -0.05) is 38.5 Å². The van der Waals surface area contributed by atoms with Crippen molar-refractivity contribution in [2.45, 2.75) is 45.4 Å². The quantitative estimate of drug-likeness (QED) is 0.504. The molecule has 68 valence electrons. The Kier molecular flexibility index (Phi) is 7.47. The summed E-state index contributed by atoms with van der Waals surface area (Å²) in [5, 5.41) is 8.18. The fraction of sp³-hybridized carbons (Fsp3) is 0.700. The Balaban J connectivity index is 3.12. The van der Waals surface area contributed by atoms with Gasteiger partial charge in [0, 0.05) is 12.3 Å². The van der Waals surface area contributed by atoms with E-state index in [0.29, 0.717) is 0 Å². The lowest BCUT2D eigenvalue weighted by atomic mass is 10.1. The van der Waals surface area contributed by atoms with Gasteiger partial charge in [-0.05, 0) is 6.42 Å². The predicted molar refractivity (Wildman–Crippen MR) is 48.8 cm³/mol. The van der Waals surface area contributed by atoms with Gasteiger partial charge in [-0.25, -0.2) is 4.79 Å². The van der Waals surface area contributed by atoms with Crippen LogP contribution >= 0.6 is 0 Å². The van der Waals surface area contributed by atoms with Crippen LogP contribution in [0.1, 0.15) is 45.4 Å². The molecule has 2 nitrogen and oxygen atoms in total. The van der Waals surface area contributed by atoms with E-state index in [4.69, 9.17) is 5.11 Å². The van der Waals surface area contributed by atoms with Crippen LogP contribution in [0.15, 0.2) is 0 Å². The Labute approximate surface area is 74.0 Å². The molecule has 0 aromatic heterocycles. The van der Waals surface area contributed by atoms with E-state index in [2.05, 4.69) is 18.8 Å². The molecule has 0 aliphatic heterocycles. The van der Waals surface area contributed by atoms with Gasteiger partial charge >= 0.3 is 5.97 Å². The second-order valence-corrected chi connectivity index (χ2v) is 2.77. The summed E-state index contributed by atoms with van der Waals surface area (Å²) in [7, 11) is 0. The molecular weight excluding hydrogens is 151 g/mol. The van der Waals surface area contributed by atoms with Gasteiger partial charge in [0.25, 0.3) is 0 Å². The fourth-order valence-electron chi connectivity index (χ4n) is 0.955. The molecule has 0 aromatic rings. The zero-order valence-corrected chi connectivity index (χ0v) is 7.60. The topological polar surface area (TPSA) is 37.3 Å². The number of rotatable bonds is 5. The number of unbranched alkanes of at least 4 members (excludes halogenated alkanes) is 5.